The molecule has 3 nitrogen and oxygen atoms in total. The van der Waals surface area contributed by atoms with Gasteiger partial charge in [-0.1, -0.05) is 36.4 Å². The summed E-state index contributed by atoms with van der Waals surface area (Å²) in [6.45, 7) is 6.40. The second-order valence-corrected chi connectivity index (χ2v) is 5.84. The van der Waals surface area contributed by atoms with E-state index in [1.807, 2.05) is 12.1 Å². The lowest BCUT2D eigenvalue weighted by atomic mass is 9.84. The third-order valence-electron chi connectivity index (χ3n) is 4.35. The number of para-hydroxylation sites is 1. The van der Waals surface area contributed by atoms with E-state index >= 15 is 0 Å². The summed E-state index contributed by atoms with van der Waals surface area (Å²) in [5.74, 6) is 0.321. The van der Waals surface area contributed by atoms with E-state index < -0.39 is 0 Å². The van der Waals surface area contributed by atoms with Crippen molar-refractivity contribution in [3.05, 3.63) is 54.3 Å². The molecular formula is C18H22N2O. The minimum absolute atomic E-state index is 0.0969. The second kappa shape index (κ2) is 5.88. The van der Waals surface area contributed by atoms with Gasteiger partial charge in [0.15, 0.2) is 0 Å². The Labute approximate surface area is 125 Å². The SMILES string of the molecule is C=C(c1cc2ccccc2[nH]1)[C@@H]1CCN(C)C/C1=C/CO. The Morgan fingerprint density at radius 2 is 2.29 bits per heavy atom. The number of aromatic nitrogens is 1. The van der Waals surface area contributed by atoms with E-state index in [9.17, 15) is 5.11 Å². The molecule has 1 aromatic heterocycles. The van der Waals surface area contributed by atoms with Gasteiger partial charge in [0.2, 0.25) is 0 Å². The lowest BCUT2D eigenvalue weighted by Gasteiger charge is -2.33. The fourth-order valence-corrected chi connectivity index (χ4v) is 3.19. The number of benzene rings is 1. The maximum absolute atomic E-state index is 9.26. The van der Waals surface area contributed by atoms with Gasteiger partial charge in [-0.25, -0.2) is 0 Å². The predicted octanol–water partition coefficient (Wildman–Crippen LogP) is 3.05. The summed E-state index contributed by atoms with van der Waals surface area (Å²) >= 11 is 0. The number of aliphatic hydroxyl groups excluding tert-OH is 1. The quantitative estimate of drug-likeness (QED) is 0.849. The summed E-state index contributed by atoms with van der Waals surface area (Å²) in [5, 5.41) is 10.5. The van der Waals surface area contributed by atoms with Crippen LogP contribution in [0.4, 0.5) is 0 Å². The largest absolute Gasteiger partial charge is 0.392 e. The first-order valence-electron chi connectivity index (χ1n) is 7.44. The zero-order chi connectivity index (χ0) is 14.8. The highest BCUT2D eigenvalue weighted by molar-refractivity contribution is 5.85. The molecule has 1 atom stereocenters. The van der Waals surface area contributed by atoms with Crippen LogP contribution in [0.3, 0.4) is 0 Å². The van der Waals surface area contributed by atoms with Crippen LogP contribution in [0.25, 0.3) is 16.5 Å². The molecule has 0 radical (unpaired) electrons. The molecule has 0 spiro atoms. The third kappa shape index (κ3) is 2.80. The minimum atomic E-state index is 0.0969. The molecule has 1 fully saturated rings. The van der Waals surface area contributed by atoms with Gasteiger partial charge in [-0.15, -0.1) is 0 Å². The third-order valence-corrected chi connectivity index (χ3v) is 4.35. The number of likely N-dealkylation sites (tertiary alicyclic amines) is 1. The Hall–Kier alpha value is -1.84. The molecule has 1 aliphatic heterocycles. The Morgan fingerprint density at radius 1 is 1.48 bits per heavy atom. The van der Waals surface area contributed by atoms with E-state index in [0.29, 0.717) is 5.92 Å². The molecule has 21 heavy (non-hydrogen) atoms. The molecule has 0 aliphatic carbocycles. The topological polar surface area (TPSA) is 39.3 Å². The minimum Gasteiger partial charge on any atom is -0.392 e. The number of fused-ring (bicyclic) bond motifs is 1. The summed E-state index contributed by atoms with van der Waals surface area (Å²) in [6.07, 6.45) is 2.99. The molecule has 1 saturated heterocycles. The van der Waals surface area contributed by atoms with Crippen LogP contribution in [-0.4, -0.2) is 41.7 Å². The van der Waals surface area contributed by atoms with Gasteiger partial charge >= 0.3 is 0 Å². The summed E-state index contributed by atoms with van der Waals surface area (Å²) in [5.41, 5.74) is 4.65. The van der Waals surface area contributed by atoms with Crippen LogP contribution in [0.1, 0.15) is 12.1 Å². The highest BCUT2D eigenvalue weighted by atomic mass is 16.2. The Kier molecular flexibility index (Phi) is 3.95. The molecule has 0 unspecified atom stereocenters. The van der Waals surface area contributed by atoms with E-state index in [2.05, 4.69) is 47.8 Å². The molecule has 2 aromatic rings. The smallest absolute Gasteiger partial charge is 0.0615 e. The van der Waals surface area contributed by atoms with Crippen molar-refractivity contribution in [3.63, 3.8) is 0 Å². The van der Waals surface area contributed by atoms with Crippen molar-refractivity contribution in [2.24, 2.45) is 5.92 Å². The van der Waals surface area contributed by atoms with E-state index in [0.717, 1.165) is 36.3 Å². The summed E-state index contributed by atoms with van der Waals surface area (Å²) in [4.78, 5) is 5.75. The van der Waals surface area contributed by atoms with Crippen molar-refractivity contribution in [1.29, 1.82) is 0 Å². The average Bonchev–Trinajstić information content (AvgIpc) is 2.91. The van der Waals surface area contributed by atoms with Crippen molar-refractivity contribution < 1.29 is 5.11 Å². The second-order valence-electron chi connectivity index (χ2n) is 5.84. The van der Waals surface area contributed by atoms with Gasteiger partial charge in [-0.05, 0) is 43.1 Å². The van der Waals surface area contributed by atoms with Gasteiger partial charge in [0.05, 0.1) is 6.61 Å². The van der Waals surface area contributed by atoms with E-state index in [-0.39, 0.29) is 6.61 Å². The van der Waals surface area contributed by atoms with Crippen LogP contribution < -0.4 is 0 Å². The van der Waals surface area contributed by atoms with E-state index in [4.69, 9.17) is 0 Å². The molecule has 110 valence electrons. The van der Waals surface area contributed by atoms with Gasteiger partial charge in [0.25, 0.3) is 0 Å². The fraction of sp³-hybridized carbons (Fsp3) is 0.333. The van der Waals surface area contributed by atoms with Crippen LogP contribution in [-0.2, 0) is 0 Å². The number of hydrogen-bond acceptors (Lipinski definition) is 2. The number of aromatic amines is 1. The number of aliphatic hydroxyl groups is 1. The van der Waals surface area contributed by atoms with Gasteiger partial charge in [0.1, 0.15) is 0 Å². The van der Waals surface area contributed by atoms with Gasteiger partial charge in [-0.2, -0.15) is 0 Å². The van der Waals surface area contributed by atoms with Crippen LogP contribution in [0.15, 0.2) is 48.6 Å². The summed E-state index contributed by atoms with van der Waals surface area (Å²) < 4.78 is 0. The number of allylic oxidation sites excluding steroid dienone is 1. The van der Waals surface area contributed by atoms with Crippen LogP contribution >= 0.6 is 0 Å². The monoisotopic (exact) mass is 282 g/mol. The standard InChI is InChI=1S/C18H22N2O/c1-13(16-7-9-20(2)12-15(16)8-10-21)18-11-14-5-3-4-6-17(14)19-18/h3-6,8,11,16,19,21H,1,7,9-10,12H2,2H3/b15-8-/t16-/m0/s1. The first kappa shape index (κ1) is 14.1. The molecule has 1 aromatic carbocycles. The number of rotatable bonds is 3. The number of likely N-dealkylation sites (N-methyl/N-ethyl adjacent to an activating group) is 1. The fourth-order valence-electron chi connectivity index (χ4n) is 3.19. The Morgan fingerprint density at radius 3 is 3.05 bits per heavy atom. The molecule has 3 heteroatoms. The van der Waals surface area contributed by atoms with Crippen LogP contribution in [0.2, 0.25) is 0 Å². The molecule has 0 bridgehead atoms. The molecule has 2 N–H and O–H groups in total. The lowest BCUT2D eigenvalue weighted by Crippen LogP contribution is -2.33. The average molecular weight is 282 g/mol. The number of nitrogens with zero attached hydrogens (tertiary/aromatic N) is 1. The normalized spacial score (nSPS) is 22.0. The molecule has 0 amide bonds. The van der Waals surface area contributed by atoms with Crippen molar-refractivity contribution >= 4 is 16.5 Å². The van der Waals surface area contributed by atoms with Crippen molar-refractivity contribution in [1.82, 2.24) is 9.88 Å². The first-order chi connectivity index (χ1) is 10.2. The Bertz CT molecular complexity index is 650. The van der Waals surface area contributed by atoms with Crippen LogP contribution in [0, 0.1) is 5.92 Å². The number of piperidine rings is 1. The summed E-state index contributed by atoms with van der Waals surface area (Å²) in [7, 11) is 2.12. The number of hydrogen-bond donors (Lipinski definition) is 2. The highest BCUT2D eigenvalue weighted by Gasteiger charge is 2.25. The first-order valence-corrected chi connectivity index (χ1v) is 7.44. The van der Waals surface area contributed by atoms with Gasteiger partial charge < -0.3 is 15.0 Å². The molecular weight excluding hydrogens is 260 g/mol. The maximum atomic E-state index is 9.26. The molecule has 1 aliphatic rings. The molecule has 3 rings (SSSR count). The highest BCUT2D eigenvalue weighted by Crippen LogP contribution is 2.34. The zero-order valence-electron chi connectivity index (χ0n) is 12.5. The number of nitrogens with one attached hydrogen (secondary N) is 1. The summed E-state index contributed by atoms with van der Waals surface area (Å²) in [6, 6.07) is 10.5. The van der Waals surface area contributed by atoms with E-state index in [1.165, 1.54) is 11.0 Å². The lowest BCUT2D eigenvalue weighted by molar-refractivity contribution is 0.293. The van der Waals surface area contributed by atoms with Crippen molar-refractivity contribution in [2.75, 3.05) is 26.7 Å². The molecule has 0 saturated carbocycles. The maximum Gasteiger partial charge on any atom is 0.0615 e. The zero-order valence-corrected chi connectivity index (χ0v) is 12.5. The van der Waals surface area contributed by atoms with Crippen molar-refractivity contribution in [2.45, 2.75) is 6.42 Å². The molecule has 2 heterocycles. The van der Waals surface area contributed by atoms with Crippen molar-refractivity contribution in [3.8, 4) is 0 Å². The van der Waals surface area contributed by atoms with E-state index in [1.54, 1.807) is 0 Å². The van der Waals surface area contributed by atoms with Gasteiger partial charge in [0, 0.05) is 23.7 Å². The predicted molar refractivity (Wildman–Crippen MR) is 88.1 cm³/mol. The van der Waals surface area contributed by atoms with Gasteiger partial charge in [-0.3, -0.25) is 0 Å². The van der Waals surface area contributed by atoms with Crippen LogP contribution in [0.5, 0.6) is 0 Å². The number of H-pyrrole nitrogens is 1. The Balaban J connectivity index is 1.91.